The van der Waals surface area contributed by atoms with Crippen molar-refractivity contribution in [3.63, 3.8) is 0 Å². The van der Waals surface area contributed by atoms with Crippen LogP contribution in [0.3, 0.4) is 0 Å². The van der Waals surface area contributed by atoms with Gasteiger partial charge in [-0.25, -0.2) is 0 Å². The monoisotopic (exact) mass is 239 g/mol. The van der Waals surface area contributed by atoms with Crippen molar-refractivity contribution in [3.8, 4) is 5.88 Å². The van der Waals surface area contributed by atoms with E-state index < -0.39 is 0 Å². The van der Waals surface area contributed by atoms with Gasteiger partial charge in [-0.05, 0) is 18.1 Å². The molecule has 0 bridgehead atoms. The molecule has 0 saturated carbocycles. The molecule has 5 nitrogen and oxygen atoms in total. The van der Waals surface area contributed by atoms with Crippen LogP contribution >= 0.6 is 0 Å². The van der Waals surface area contributed by atoms with Gasteiger partial charge in [0.1, 0.15) is 5.82 Å². The van der Waals surface area contributed by atoms with Crippen molar-refractivity contribution >= 4 is 11.5 Å². The highest BCUT2D eigenvalue weighted by atomic mass is 16.5. The molecule has 1 aromatic rings. The molecule has 0 aliphatic carbocycles. The number of rotatable bonds is 7. The van der Waals surface area contributed by atoms with Gasteiger partial charge in [0.15, 0.2) is 0 Å². The van der Waals surface area contributed by atoms with Gasteiger partial charge in [-0.2, -0.15) is 4.98 Å². The summed E-state index contributed by atoms with van der Waals surface area (Å²) in [4.78, 5) is 4.30. The van der Waals surface area contributed by atoms with Crippen LogP contribution in [-0.4, -0.2) is 31.9 Å². The van der Waals surface area contributed by atoms with Gasteiger partial charge in [0.2, 0.25) is 5.88 Å². The number of nitrogens with two attached hydrogens (primary N) is 1. The summed E-state index contributed by atoms with van der Waals surface area (Å²) in [5, 5.41) is 3.13. The summed E-state index contributed by atoms with van der Waals surface area (Å²) in [5.41, 5.74) is 6.35. The summed E-state index contributed by atoms with van der Waals surface area (Å²) < 4.78 is 10.5. The molecule has 0 radical (unpaired) electrons. The third kappa shape index (κ3) is 4.91. The largest absolute Gasteiger partial charge is 0.476 e. The van der Waals surface area contributed by atoms with Crippen molar-refractivity contribution in [2.24, 2.45) is 5.92 Å². The van der Waals surface area contributed by atoms with Crippen LogP contribution < -0.4 is 15.8 Å². The Hall–Kier alpha value is -1.49. The topological polar surface area (TPSA) is 69.4 Å². The van der Waals surface area contributed by atoms with Gasteiger partial charge in [-0.15, -0.1) is 0 Å². The second-order valence-electron chi connectivity index (χ2n) is 4.22. The van der Waals surface area contributed by atoms with E-state index in [0.29, 0.717) is 37.2 Å². The lowest BCUT2D eigenvalue weighted by Crippen LogP contribution is -2.11. The van der Waals surface area contributed by atoms with Crippen LogP contribution in [0.15, 0.2) is 12.1 Å². The zero-order valence-corrected chi connectivity index (χ0v) is 10.7. The maximum atomic E-state index is 5.79. The zero-order valence-electron chi connectivity index (χ0n) is 10.7. The number of methoxy groups -OCH3 is 1. The molecular formula is C12H21N3O2. The number of aromatic nitrogens is 1. The Morgan fingerprint density at radius 2 is 2.18 bits per heavy atom. The third-order valence-electron chi connectivity index (χ3n) is 2.06. The standard InChI is InChI=1S/C12H21N3O2/c1-9(2)8-17-12-10(13)4-5-11(15-12)14-6-7-16-3/h4-5,9H,6-8,13H2,1-3H3,(H,14,15). The Bertz CT molecular complexity index is 343. The fourth-order valence-corrected chi connectivity index (χ4v) is 1.19. The molecule has 0 atom stereocenters. The molecule has 1 rings (SSSR count). The van der Waals surface area contributed by atoms with Crippen LogP contribution in [0.5, 0.6) is 5.88 Å². The molecule has 0 spiro atoms. The lowest BCUT2D eigenvalue weighted by atomic mass is 10.2. The Kier molecular flexibility index (Phi) is 5.56. The van der Waals surface area contributed by atoms with Crippen LogP contribution in [0.2, 0.25) is 0 Å². The summed E-state index contributed by atoms with van der Waals surface area (Å²) in [6, 6.07) is 3.62. The number of anilines is 2. The molecule has 0 aliphatic heterocycles. The first-order valence-corrected chi connectivity index (χ1v) is 5.75. The first-order valence-electron chi connectivity index (χ1n) is 5.75. The van der Waals surface area contributed by atoms with E-state index in [0.717, 1.165) is 5.82 Å². The van der Waals surface area contributed by atoms with Crippen molar-refractivity contribution in [2.45, 2.75) is 13.8 Å². The minimum Gasteiger partial charge on any atom is -0.476 e. The number of pyridine rings is 1. The summed E-state index contributed by atoms with van der Waals surface area (Å²) in [7, 11) is 1.66. The summed E-state index contributed by atoms with van der Waals surface area (Å²) in [6.45, 7) is 6.11. The predicted octanol–water partition coefficient (Wildman–Crippen LogP) is 1.76. The highest BCUT2D eigenvalue weighted by Gasteiger charge is 2.05. The first-order chi connectivity index (χ1) is 8.13. The Labute approximate surface area is 102 Å². The number of nitrogens with one attached hydrogen (secondary N) is 1. The average Bonchev–Trinajstić information content (AvgIpc) is 2.29. The van der Waals surface area contributed by atoms with Crippen LogP contribution in [-0.2, 0) is 4.74 Å². The van der Waals surface area contributed by atoms with Gasteiger partial charge in [0.25, 0.3) is 0 Å². The van der Waals surface area contributed by atoms with Gasteiger partial charge in [-0.3, -0.25) is 0 Å². The quantitative estimate of drug-likeness (QED) is 0.709. The molecule has 96 valence electrons. The average molecular weight is 239 g/mol. The molecule has 0 aromatic carbocycles. The molecule has 3 N–H and O–H groups in total. The van der Waals surface area contributed by atoms with E-state index in [1.54, 1.807) is 13.2 Å². The molecule has 0 saturated heterocycles. The lowest BCUT2D eigenvalue weighted by Gasteiger charge is -2.12. The second kappa shape index (κ2) is 6.96. The normalized spacial score (nSPS) is 10.6. The smallest absolute Gasteiger partial charge is 0.239 e. The van der Waals surface area contributed by atoms with Crippen molar-refractivity contribution < 1.29 is 9.47 Å². The SMILES string of the molecule is COCCNc1ccc(N)c(OCC(C)C)n1. The minimum absolute atomic E-state index is 0.446. The number of ether oxygens (including phenoxy) is 2. The molecule has 0 unspecified atom stereocenters. The highest BCUT2D eigenvalue weighted by molar-refractivity contribution is 5.53. The van der Waals surface area contributed by atoms with Crippen molar-refractivity contribution in [1.82, 2.24) is 4.98 Å². The Balaban J connectivity index is 2.59. The predicted molar refractivity (Wildman–Crippen MR) is 69.3 cm³/mol. The summed E-state index contributed by atoms with van der Waals surface area (Å²) >= 11 is 0. The van der Waals surface area contributed by atoms with Crippen LogP contribution in [0.4, 0.5) is 11.5 Å². The number of hydrogen-bond donors (Lipinski definition) is 2. The highest BCUT2D eigenvalue weighted by Crippen LogP contribution is 2.21. The molecular weight excluding hydrogens is 218 g/mol. The fourth-order valence-electron chi connectivity index (χ4n) is 1.19. The van der Waals surface area contributed by atoms with Gasteiger partial charge in [0, 0.05) is 13.7 Å². The van der Waals surface area contributed by atoms with E-state index in [1.165, 1.54) is 0 Å². The van der Waals surface area contributed by atoms with Gasteiger partial charge >= 0.3 is 0 Å². The van der Waals surface area contributed by atoms with E-state index in [9.17, 15) is 0 Å². The fraction of sp³-hybridized carbons (Fsp3) is 0.583. The van der Waals surface area contributed by atoms with Crippen LogP contribution in [0, 0.1) is 5.92 Å². The molecule has 0 amide bonds. The molecule has 17 heavy (non-hydrogen) atoms. The second-order valence-corrected chi connectivity index (χ2v) is 4.22. The van der Waals surface area contributed by atoms with Gasteiger partial charge in [0.05, 0.1) is 18.9 Å². The van der Waals surface area contributed by atoms with Gasteiger partial charge in [-0.1, -0.05) is 13.8 Å². The summed E-state index contributed by atoms with van der Waals surface area (Å²) in [5.74, 6) is 1.68. The molecule has 0 aliphatic rings. The Morgan fingerprint density at radius 1 is 1.41 bits per heavy atom. The van der Waals surface area contributed by atoms with E-state index in [-0.39, 0.29) is 0 Å². The van der Waals surface area contributed by atoms with E-state index in [1.807, 2.05) is 6.07 Å². The maximum absolute atomic E-state index is 5.79. The van der Waals surface area contributed by atoms with Crippen molar-refractivity contribution in [2.75, 3.05) is 37.9 Å². The molecule has 5 heteroatoms. The zero-order chi connectivity index (χ0) is 12.7. The minimum atomic E-state index is 0.446. The maximum Gasteiger partial charge on any atom is 0.239 e. The molecule has 0 fully saturated rings. The van der Waals surface area contributed by atoms with Crippen LogP contribution in [0.1, 0.15) is 13.8 Å². The van der Waals surface area contributed by atoms with Crippen molar-refractivity contribution in [1.29, 1.82) is 0 Å². The first kappa shape index (κ1) is 13.6. The van der Waals surface area contributed by atoms with E-state index >= 15 is 0 Å². The van der Waals surface area contributed by atoms with E-state index in [4.69, 9.17) is 15.2 Å². The third-order valence-corrected chi connectivity index (χ3v) is 2.06. The van der Waals surface area contributed by atoms with Crippen LogP contribution in [0.25, 0.3) is 0 Å². The Morgan fingerprint density at radius 3 is 2.82 bits per heavy atom. The number of nitrogen functional groups attached to an aromatic ring is 1. The molecule has 1 aromatic heterocycles. The number of hydrogen-bond acceptors (Lipinski definition) is 5. The molecule has 1 heterocycles. The van der Waals surface area contributed by atoms with Gasteiger partial charge < -0.3 is 20.5 Å². The number of nitrogens with zero attached hydrogens (tertiary/aromatic N) is 1. The summed E-state index contributed by atoms with van der Waals surface area (Å²) in [6.07, 6.45) is 0. The lowest BCUT2D eigenvalue weighted by molar-refractivity contribution is 0.210. The van der Waals surface area contributed by atoms with Crippen molar-refractivity contribution in [3.05, 3.63) is 12.1 Å². The van der Waals surface area contributed by atoms with E-state index in [2.05, 4.69) is 24.1 Å².